The van der Waals surface area contributed by atoms with Crippen molar-refractivity contribution in [3.63, 3.8) is 0 Å². The standard InChI is InChI=1S/C26H41N3O8/c1-17-11-20-21(12-18(17)2)29(25(30)24(27-20)26(31)34-8)13-22(36-15-32-6)19(3)23(37-16-33-7)14-35-10-9-28(4)5/h11-12,19,22-23H,9-10,13-16H2,1-8H3/t19-,22-,23+/m0/s1. The van der Waals surface area contributed by atoms with Crippen molar-refractivity contribution in [2.75, 3.05) is 68.8 Å². The van der Waals surface area contributed by atoms with E-state index in [0.717, 1.165) is 17.7 Å². The SMILES string of the molecule is COCO[C@@H](Cn1c(=O)c(C(=O)OC)nc2cc(C)c(C)cc21)[C@H](C)[C@@H](COCCN(C)C)OCOC. The van der Waals surface area contributed by atoms with E-state index in [1.54, 1.807) is 7.11 Å². The Bertz CT molecular complexity index is 1070. The number of benzene rings is 1. The van der Waals surface area contributed by atoms with Crippen LogP contribution in [-0.2, 0) is 35.0 Å². The fraction of sp³-hybridized carbons (Fsp3) is 0.654. The van der Waals surface area contributed by atoms with Gasteiger partial charge in [0.2, 0.25) is 5.69 Å². The molecule has 0 aliphatic heterocycles. The van der Waals surface area contributed by atoms with Crippen LogP contribution in [0.2, 0.25) is 0 Å². The fourth-order valence-corrected chi connectivity index (χ4v) is 3.81. The Morgan fingerprint density at radius 3 is 2.24 bits per heavy atom. The van der Waals surface area contributed by atoms with Crippen LogP contribution in [-0.4, -0.2) is 101 Å². The van der Waals surface area contributed by atoms with Crippen molar-refractivity contribution in [3.8, 4) is 0 Å². The highest BCUT2D eigenvalue weighted by Gasteiger charge is 2.30. The number of rotatable bonds is 16. The molecule has 11 nitrogen and oxygen atoms in total. The van der Waals surface area contributed by atoms with Gasteiger partial charge in [0, 0.05) is 26.7 Å². The first kappa shape index (κ1) is 30.8. The van der Waals surface area contributed by atoms with Crippen LogP contribution in [0.1, 0.15) is 28.5 Å². The average molecular weight is 524 g/mol. The molecule has 0 saturated carbocycles. The quantitative estimate of drug-likeness (QED) is 0.184. The number of esters is 1. The predicted octanol–water partition coefficient (Wildman–Crippen LogP) is 1.99. The van der Waals surface area contributed by atoms with Gasteiger partial charge >= 0.3 is 5.97 Å². The smallest absolute Gasteiger partial charge is 0.362 e. The Labute approximate surface area is 218 Å². The van der Waals surface area contributed by atoms with Gasteiger partial charge in [-0.15, -0.1) is 0 Å². The van der Waals surface area contributed by atoms with E-state index >= 15 is 0 Å². The molecule has 37 heavy (non-hydrogen) atoms. The van der Waals surface area contributed by atoms with Crippen molar-refractivity contribution < 1.29 is 33.2 Å². The number of likely N-dealkylation sites (N-methyl/N-ethyl adjacent to an activating group) is 1. The van der Waals surface area contributed by atoms with E-state index in [1.165, 1.54) is 18.8 Å². The summed E-state index contributed by atoms with van der Waals surface area (Å²) in [6.45, 7) is 7.68. The first-order chi connectivity index (χ1) is 17.6. The predicted molar refractivity (Wildman–Crippen MR) is 139 cm³/mol. The van der Waals surface area contributed by atoms with Crippen molar-refractivity contribution in [2.24, 2.45) is 5.92 Å². The number of ether oxygens (including phenoxy) is 6. The van der Waals surface area contributed by atoms with Crippen molar-refractivity contribution in [2.45, 2.75) is 39.5 Å². The summed E-state index contributed by atoms with van der Waals surface area (Å²) in [6, 6.07) is 3.74. The lowest BCUT2D eigenvalue weighted by atomic mass is 9.97. The second-order valence-corrected chi connectivity index (χ2v) is 9.25. The number of methoxy groups -OCH3 is 3. The van der Waals surface area contributed by atoms with E-state index < -0.39 is 23.7 Å². The number of nitrogens with zero attached hydrogens (tertiary/aromatic N) is 3. The topological polar surface area (TPSA) is 111 Å². The first-order valence-electron chi connectivity index (χ1n) is 12.2. The van der Waals surface area contributed by atoms with Gasteiger partial charge in [0.1, 0.15) is 13.6 Å². The van der Waals surface area contributed by atoms with Crippen LogP contribution in [0, 0.1) is 19.8 Å². The van der Waals surface area contributed by atoms with Gasteiger partial charge in [-0.2, -0.15) is 0 Å². The summed E-state index contributed by atoms with van der Waals surface area (Å²) in [4.78, 5) is 32.2. The maximum atomic E-state index is 13.5. The molecular formula is C26H41N3O8. The highest BCUT2D eigenvalue weighted by atomic mass is 16.7. The van der Waals surface area contributed by atoms with Crippen LogP contribution < -0.4 is 5.56 Å². The Kier molecular flexibility index (Phi) is 12.6. The summed E-state index contributed by atoms with van der Waals surface area (Å²) in [7, 11) is 8.25. The largest absolute Gasteiger partial charge is 0.464 e. The van der Waals surface area contributed by atoms with Crippen LogP contribution in [0.25, 0.3) is 11.0 Å². The summed E-state index contributed by atoms with van der Waals surface area (Å²) in [5.74, 6) is -1.04. The molecule has 208 valence electrons. The maximum absolute atomic E-state index is 13.5. The third-order valence-electron chi connectivity index (χ3n) is 6.24. The molecule has 0 spiro atoms. The van der Waals surface area contributed by atoms with Crippen LogP contribution in [0.4, 0.5) is 0 Å². The molecule has 0 aliphatic carbocycles. The summed E-state index contributed by atoms with van der Waals surface area (Å²) < 4.78 is 34.5. The second kappa shape index (κ2) is 15.1. The average Bonchev–Trinajstić information content (AvgIpc) is 2.87. The summed E-state index contributed by atoms with van der Waals surface area (Å²) >= 11 is 0. The molecule has 0 bridgehead atoms. The first-order valence-corrected chi connectivity index (χ1v) is 12.2. The number of hydrogen-bond acceptors (Lipinski definition) is 10. The Balaban J connectivity index is 2.49. The Morgan fingerprint density at radius 1 is 1.03 bits per heavy atom. The second-order valence-electron chi connectivity index (χ2n) is 9.25. The monoisotopic (exact) mass is 523 g/mol. The molecule has 1 aromatic carbocycles. The molecule has 0 fully saturated rings. The zero-order chi connectivity index (χ0) is 27.5. The van der Waals surface area contributed by atoms with E-state index in [-0.39, 0.29) is 31.7 Å². The van der Waals surface area contributed by atoms with Crippen molar-refractivity contribution >= 4 is 17.0 Å². The minimum absolute atomic E-state index is 0.00719. The van der Waals surface area contributed by atoms with Crippen molar-refractivity contribution in [1.29, 1.82) is 0 Å². The number of aromatic nitrogens is 2. The fourth-order valence-electron chi connectivity index (χ4n) is 3.81. The molecule has 0 amide bonds. The van der Waals surface area contributed by atoms with Gasteiger partial charge in [0.25, 0.3) is 5.56 Å². The highest BCUT2D eigenvalue weighted by Crippen LogP contribution is 2.22. The van der Waals surface area contributed by atoms with Crippen LogP contribution in [0.5, 0.6) is 0 Å². The Hall–Kier alpha value is -2.41. The van der Waals surface area contributed by atoms with E-state index in [1.807, 2.05) is 51.9 Å². The van der Waals surface area contributed by atoms with Crippen LogP contribution >= 0.6 is 0 Å². The molecule has 0 N–H and O–H groups in total. The zero-order valence-corrected chi connectivity index (χ0v) is 23.2. The van der Waals surface area contributed by atoms with Gasteiger partial charge < -0.3 is 37.9 Å². The minimum atomic E-state index is -0.795. The van der Waals surface area contributed by atoms with E-state index in [2.05, 4.69) is 4.98 Å². The molecule has 1 aromatic heterocycles. The summed E-state index contributed by atoms with van der Waals surface area (Å²) in [5, 5.41) is 0. The molecule has 11 heteroatoms. The normalized spacial score (nSPS) is 14.2. The summed E-state index contributed by atoms with van der Waals surface area (Å²) in [6.07, 6.45) is -0.925. The number of carbonyl (C=O) groups excluding carboxylic acids is 1. The number of carbonyl (C=O) groups is 1. The van der Waals surface area contributed by atoms with Gasteiger partial charge in [-0.05, 0) is 51.2 Å². The van der Waals surface area contributed by atoms with Crippen molar-refractivity contribution in [3.05, 3.63) is 39.3 Å². The van der Waals surface area contributed by atoms with E-state index in [0.29, 0.717) is 24.2 Å². The van der Waals surface area contributed by atoms with Gasteiger partial charge in [-0.1, -0.05) is 6.92 Å². The molecule has 0 aliphatic rings. The molecule has 3 atom stereocenters. The third-order valence-corrected chi connectivity index (χ3v) is 6.24. The van der Waals surface area contributed by atoms with Crippen LogP contribution in [0.15, 0.2) is 16.9 Å². The van der Waals surface area contributed by atoms with E-state index in [4.69, 9.17) is 28.4 Å². The van der Waals surface area contributed by atoms with Gasteiger partial charge in [0.15, 0.2) is 0 Å². The molecule has 0 radical (unpaired) electrons. The lowest BCUT2D eigenvalue weighted by Gasteiger charge is -2.31. The molecular weight excluding hydrogens is 482 g/mol. The molecule has 1 heterocycles. The van der Waals surface area contributed by atoms with Gasteiger partial charge in [-0.3, -0.25) is 4.79 Å². The number of aryl methyl sites for hydroxylation is 2. The minimum Gasteiger partial charge on any atom is -0.464 e. The van der Waals surface area contributed by atoms with Crippen LogP contribution in [0.3, 0.4) is 0 Å². The Morgan fingerprint density at radius 2 is 1.65 bits per heavy atom. The molecule has 2 rings (SSSR count). The molecule has 0 unspecified atom stereocenters. The third kappa shape index (κ3) is 8.56. The van der Waals surface area contributed by atoms with Crippen molar-refractivity contribution in [1.82, 2.24) is 14.5 Å². The molecule has 2 aromatic rings. The number of hydrogen-bond donors (Lipinski definition) is 0. The van der Waals surface area contributed by atoms with Gasteiger partial charge in [-0.25, -0.2) is 9.78 Å². The highest BCUT2D eigenvalue weighted by molar-refractivity contribution is 5.89. The molecule has 0 saturated heterocycles. The summed E-state index contributed by atoms with van der Waals surface area (Å²) in [5.41, 5.74) is 2.25. The lowest BCUT2D eigenvalue weighted by molar-refractivity contribution is -0.157. The lowest BCUT2D eigenvalue weighted by Crippen LogP contribution is -2.42. The zero-order valence-electron chi connectivity index (χ0n) is 23.2. The number of fused-ring (bicyclic) bond motifs is 1. The van der Waals surface area contributed by atoms with E-state index in [9.17, 15) is 9.59 Å². The maximum Gasteiger partial charge on any atom is 0.362 e. The van der Waals surface area contributed by atoms with Gasteiger partial charge in [0.05, 0.1) is 50.1 Å².